The molecule has 1 aromatic carbocycles. The van der Waals surface area contributed by atoms with Crippen LogP contribution in [0.2, 0.25) is 0 Å². The third-order valence-corrected chi connectivity index (χ3v) is 3.17. The highest BCUT2D eigenvalue weighted by Gasteiger charge is 2.11. The van der Waals surface area contributed by atoms with Gasteiger partial charge in [0.1, 0.15) is 0 Å². The molecule has 1 aromatic rings. The van der Waals surface area contributed by atoms with E-state index in [1.165, 1.54) is 18.4 Å². The van der Waals surface area contributed by atoms with Crippen LogP contribution in [0, 0.1) is 0 Å². The van der Waals surface area contributed by atoms with Gasteiger partial charge < -0.3 is 10.2 Å². The first-order valence-electron chi connectivity index (χ1n) is 7.30. The van der Waals surface area contributed by atoms with E-state index in [4.69, 9.17) is 0 Å². The highest BCUT2D eigenvalue weighted by molar-refractivity contribution is 5.76. The number of hydrogen-bond acceptors (Lipinski definition) is 2. The molecule has 0 atom stereocenters. The van der Waals surface area contributed by atoms with Crippen molar-refractivity contribution < 1.29 is 4.79 Å². The summed E-state index contributed by atoms with van der Waals surface area (Å²) in [5.41, 5.74) is 1.19. The minimum absolute atomic E-state index is 0.232. The summed E-state index contributed by atoms with van der Waals surface area (Å²) in [5, 5.41) is 3.31. The lowest BCUT2D eigenvalue weighted by Crippen LogP contribution is -2.32. The van der Waals surface area contributed by atoms with Gasteiger partial charge in [-0.1, -0.05) is 43.7 Å². The molecule has 1 amide bonds. The third kappa shape index (κ3) is 6.39. The molecule has 0 bridgehead atoms. The third-order valence-electron chi connectivity index (χ3n) is 3.17. The van der Waals surface area contributed by atoms with Crippen molar-refractivity contribution in [3.8, 4) is 0 Å². The van der Waals surface area contributed by atoms with Gasteiger partial charge in [-0.05, 0) is 25.5 Å². The molecule has 0 saturated heterocycles. The zero-order valence-corrected chi connectivity index (χ0v) is 12.2. The van der Waals surface area contributed by atoms with Crippen molar-refractivity contribution >= 4 is 5.91 Å². The Morgan fingerprint density at radius 1 is 1.16 bits per heavy atom. The second-order valence-corrected chi connectivity index (χ2v) is 4.75. The number of carbonyl (C=O) groups is 1. The summed E-state index contributed by atoms with van der Waals surface area (Å²) in [6, 6.07) is 10.2. The summed E-state index contributed by atoms with van der Waals surface area (Å²) in [6.45, 7) is 7.48. The Balaban J connectivity index is 2.31. The van der Waals surface area contributed by atoms with Crippen LogP contribution in [0.1, 0.15) is 38.7 Å². The van der Waals surface area contributed by atoms with Gasteiger partial charge in [-0.25, -0.2) is 0 Å². The Hall–Kier alpha value is -1.35. The van der Waals surface area contributed by atoms with E-state index in [1.54, 1.807) is 0 Å². The predicted molar refractivity (Wildman–Crippen MR) is 79.9 cm³/mol. The van der Waals surface area contributed by atoms with Gasteiger partial charge in [0, 0.05) is 26.1 Å². The monoisotopic (exact) mass is 262 g/mol. The normalized spacial score (nSPS) is 10.4. The van der Waals surface area contributed by atoms with E-state index in [1.807, 2.05) is 30.0 Å². The standard InChI is InChI=1S/C16H26N2O/c1-3-5-12-17-13-11-16(19)18(4-2)14-15-9-7-6-8-10-15/h6-10,17H,3-5,11-14H2,1-2H3. The zero-order valence-electron chi connectivity index (χ0n) is 12.2. The summed E-state index contributed by atoms with van der Waals surface area (Å²) in [7, 11) is 0. The topological polar surface area (TPSA) is 32.3 Å². The SMILES string of the molecule is CCCCNCCC(=O)N(CC)Cc1ccccc1. The van der Waals surface area contributed by atoms with Crippen LogP contribution in [0.15, 0.2) is 30.3 Å². The quantitative estimate of drug-likeness (QED) is 0.694. The van der Waals surface area contributed by atoms with Crippen LogP contribution in [0.3, 0.4) is 0 Å². The van der Waals surface area contributed by atoms with E-state index in [9.17, 15) is 4.79 Å². The molecule has 0 aliphatic rings. The molecule has 0 spiro atoms. The maximum atomic E-state index is 12.1. The van der Waals surface area contributed by atoms with Crippen LogP contribution in [-0.4, -0.2) is 30.4 Å². The number of nitrogens with zero attached hydrogens (tertiary/aromatic N) is 1. The molecule has 0 aliphatic carbocycles. The highest BCUT2D eigenvalue weighted by atomic mass is 16.2. The Kier molecular flexibility index (Phi) is 7.91. The second kappa shape index (κ2) is 9.56. The lowest BCUT2D eigenvalue weighted by molar-refractivity contribution is -0.131. The highest BCUT2D eigenvalue weighted by Crippen LogP contribution is 2.05. The molecule has 106 valence electrons. The van der Waals surface area contributed by atoms with Gasteiger partial charge in [0.2, 0.25) is 5.91 Å². The van der Waals surface area contributed by atoms with Gasteiger partial charge in [0.15, 0.2) is 0 Å². The molecule has 0 unspecified atom stereocenters. The number of rotatable bonds is 9. The Morgan fingerprint density at radius 2 is 1.89 bits per heavy atom. The molecule has 0 heterocycles. The molecule has 1 N–H and O–H groups in total. The van der Waals surface area contributed by atoms with E-state index in [2.05, 4.69) is 24.4 Å². The smallest absolute Gasteiger partial charge is 0.224 e. The number of nitrogens with one attached hydrogen (secondary N) is 1. The first kappa shape index (κ1) is 15.7. The fourth-order valence-corrected chi connectivity index (χ4v) is 1.96. The molecular weight excluding hydrogens is 236 g/mol. The number of carbonyl (C=O) groups excluding carboxylic acids is 1. The van der Waals surface area contributed by atoms with E-state index in [0.717, 1.165) is 19.6 Å². The van der Waals surface area contributed by atoms with Crippen LogP contribution in [0.5, 0.6) is 0 Å². The van der Waals surface area contributed by atoms with Crippen molar-refractivity contribution in [2.45, 2.75) is 39.7 Å². The molecule has 0 aliphatic heterocycles. The minimum Gasteiger partial charge on any atom is -0.339 e. The molecule has 1 rings (SSSR count). The predicted octanol–water partition coefficient (Wildman–Crippen LogP) is 2.81. The molecule has 0 saturated carbocycles. The fraction of sp³-hybridized carbons (Fsp3) is 0.562. The molecule has 0 radical (unpaired) electrons. The average molecular weight is 262 g/mol. The largest absolute Gasteiger partial charge is 0.339 e. The molecule has 19 heavy (non-hydrogen) atoms. The maximum Gasteiger partial charge on any atom is 0.224 e. The van der Waals surface area contributed by atoms with Gasteiger partial charge >= 0.3 is 0 Å². The first-order valence-corrected chi connectivity index (χ1v) is 7.30. The van der Waals surface area contributed by atoms with E-state index in [0.29, 0.717) is 13.0 Å². The fourth-order valence-electron chi connectivity index (χ4n) is 1.96. The summed E-state index contributed by atoms with van der Waals surface area (Å²) < 4.78 is 0. The number of benzene rings is 1. The van der Waals surface area contributed by atoms with Crippen molar-refractivity contribution in [3.05, 3.63) is 35.9 Å². The Labute approximate surface area is 117 Å². The van der Waals surface area contributed by atoms with Gasteiger partial charge in [0.05, 0.1) is 0 Å². The second-order valence-electron chi connectivity index (χ2n) is 4.75. The van der Waals surface area contributed by atoms with Gasteiger partial charge in [-0.2, -0.15) is 0 Å². The molecule has 0 aromatic heterocycles. The van der Waals surface area contributed by atoms with Crippen molar-refractivity contribution in [1.29, 1.82) is 0 Å². The Bertz CT molecular complexity index is 351. The zero-order chi connectivity index (χ0) is 13.9. The number of amides is 1. The van der Waals surface area contributed by atoms with E-state index < -0.39 is 0 Å². The van der Waals surface area contributed by atoms with Crippen molar-refractivity contribution in [3.63, 3.8) is 0 Å². The van der Waals surface area contributed by atoms with E-state index in [-0.39, 0.29) is 5.91 Å². The van der Waals surface area contributed by atoms with Gasteiger partial charge in [0.25, 0.3) is 0 Å². The average Bonchev–Trinajstić information content (AvgIpc) is 2.45. The molecule has 0 fully saturated rings. The van der Waals surface area contributed by atoms with Crippen molar-refractivity contribution in [1.82, 2.24) is 10.2 Å². The lowest BCUT2D eigenvalue weighted by atomic mass is 10.2. The molecule has 3 heteroatoms. The summed E-state index contributed by atoms with van der Waals surface area (Å²) in [6.07, 6.45) is 2.95. The van der Waals surface area contributed by atoms with Crippen LogP contribution >= 0.6 is 0 Å². The summed E-state index contributed by atoms with van der Waals surface area (Å²) >= 11 is 0. The molecule has 3 nitrogen and oxygen atoms in total. The van der Waals surface area contributed by atoms with Crippen LogP contribution in [0.25, 0.3) is 0 Å². The molecular formula is C16H26N2O. The number of unbranched alkanes of at least 4 members (excludes halogenated alkanes) is 1. The van der Waals surface area contributed by atoms with Crippen molar-refractivity contribution in [2.24, 2.45) is 0 Å². The Morgan fingerprint density at radius 3 is 2.53 bits per heavy atom. The number of hydrogen-bond donors (Lipinski definition) is 1. The van der Waals surface area contributed by atoms with Crippen LogP contribution in [-0.2, 0) is 11.3 Å². The van der Waals surface area contributed by atoms with Crippen LogP contribution < -0.4 is 5.32 Å². The van der Waals surface area contributed by atoms with Gasteiger partial charge in [-0.3, -0.25) is 4.79 Å². The van der Waals surface area contributed by atoms with Crippen LogP contribution in [0.4, 0.5) is 0 Å². The lowest BCUT2D eigenvalue weighted by Gasteiger charge is -2.21. The summed E-state index contributed by atoms with van der Waals surface area (Å²) in [4.78, 5) is 14.0. The van der Waals surface area contributed by atoms with E-state index >= 15 is 0 Å². The van der Waals surface area contributed by atoms with Crippen molar-refractivity contribution in [2.75, 3.05) is 19.6 Å². The maximum absolute atomic E-state index is 12.1. The van der Waals surface area contributed by atoms with Gasteiger partial charge in [-0.15, -0.1) is 0 Å². The summed E-state index contributed by atoms with van der Waals surface area (Å²) in [5.74, 6) is 0.232. The minimum atomic E-state index is 0.232. The first-order chi connectivity index (χ1) is 9.27.